The smallest absolute Gasteiger partial charge is 0.116 e. The first-order valence-electron chi connectivity index (χ1n) is 5.72. The van der Waals surface area contributed by atoms with Gasteiger partial charge < -0.3 is 0 Å². The van der Waals surface area contributed by atoms with Crippen molar-refractivity contribution in [3.8, 4) is 0 Å². The zero-order valence-electron chi connectivity index (χ0n) is 9.69. The van der Waals surface area contributed by atoms with Gasteiger partial charge in [-0.3, -0.25) is 4.98 Å². The van der Waals surface area contributed by atoms with Crippen LogP contribution in [0.1, 0.15) is 11.4 Å². The molecule has 0 aliphatic carbocycles. The van der Waals surface area contributed by atoms with Crippen molar-refractivity contribution in [1.29, 1.82) is 0 Å². The SMILES string of the molecule is C(=C\c1ncnc2ccccc12)/c1ccccn1. The molecule has 0 atom stereocenters. The fourth-order valence-electron chi connectivity index (χ4n) is 1.80. The molecular weight excluding hydrogens is 222 g/mol. The second kappa shape index (κ2) is 4.75. The third-order valence-corrected chi connectivity index (χ3v) is 2.67. The topological polar surface area (TPSA) is 38.7 Å². The molecule has 0 spiro atoms. The van der Waals surface area contributed by atoms with Gasteiger partial charge in [0.1, 0.15) is 6.33 Å². The molecule has 3 rings (SSSR count). The zero-order valence-corrected chi connectivity index (χ0v) is 9.69. The van der Waals surface area contributed by atoms with Crippen molar-refractivity contribution >= 4 is 23.1 Å². The van der Waals surface area contributed by atoms with Crippen molar-refractivity contribution in [2.75, 3.05) is 0 Å². The van der Waals surface area contributed by atoms with Gasteiger partial charge in [-0.1, -0.05) is 24.3 Å². The molecule has 0 bridgehead atoms. The standard InChI is InChI=1S/C15H11N3/c1-2-7-14-13(6-1)15(18-11-17-14)9-8-12-5-3-4-10-16-12/h1-11H/b9-8+. The van der Waals surface area contributed by atoms with Gasteiger partial charge in [0.05, 0.1) is 16.9 Å². The van der Waals surface area contributed by atoms with Crippen LogP contribution in [0.3, 0.4) is 0 Å². The fourth-order valence-corrected chi connectivity index (χ4v) is 1.80. The van der Waals surface area contributed by atoms with Crippen LogP contribution in [0.5, 0.6) is 0 Å². The number of hydrogen-bond acceptors (Lipinski definition) is 3. The molecule has 0 fully saturated rings. The lowest BCUT2D eigenvalue weighted by Gasteiger charge is -1.99. The Morgan fingerprint density at radius 3 is 2.56 bits per heavy atom. The average molecular weight is 233 g/mol. The summed E-state index contributed by atoms with van der Waals surface area (Å²) in [6.45, 7) is 0. The van der Waals surface area contributed by atoms with Gasteiger partial charge in [0.25, 0.3) is 0 Å². The summed E-state index contributed by atoms with van der Waals surface area (Å²) in [6.07, 6.45) is 7.28. The Bertz CT molecular complexity index is 685. The van der Waals surface area contributed by atoms with E-state index in [2.05, 4.69) is 15.0 Å². The summed E-state index contributed by atoms with van der Waals surface area (Å²) in [5.41, 5.74) is 2.78. The minimum atomic E-state index is 0.909. The average Bonchev–Trinajstić information content (AvgIpc) is 2.46. The van der Waals surface area contributed by atoms with Gasteiger partial charge in [-0.05, 0) is 30.4 Å². The van der Waals surface area contributed by atoms with E-state index in [4.69, 9.17) is 0 Å². The van der Waals surface area contributed by atoms with E-state index in [9.17, 15) is 0 Å². The third-order valence-electron chi connectivity index (χ3n) is 2.67. The largest absolute Gasteiger partial charge is 0.257 e. The lowest BCUT2D eigenvalue weighted by atomic mass is 10.1. The number of rotatable bonds is 2. The van der Waals surface area contributed by atoms with Crippen molar-refractivity contribution in [3.05, 3.63) is 66.4 Å². The highest BCUT2D eigenvalue weighted by Gasteiger charge is 1.98. The Morgan fingerprint density at radius 1 is 0.778 bits per heavy atom. The van der Waals surface area contributed by atoms with Gasteiger partial charge >= 0.3 is 0 Å². The fraction of sp³-hybridized carbons (Fsp3) is 0. The van der Waals surface area contributed by atoms with Crippen LogP contribution in [0.4, 0.5) is 0 Å². The normalized spacial score (nSPS) is 11.1. The summed E-state index contributed by atoms with van der Waals surface area (Å²) in [4.78, 5) is 12.8. The number of nitrogens with zero attached hydrogens (tertiary/aromatic N) is 3. The predicted octanol–water partition coefficient (Wildman–Crippen LogP) is 3.20. The lowest BCUT2D eigenvalue weighted by molar-refractivity contribution is 1.20. The number of para-hydroxylation sites is 1. The summed E-state index contributed by atoms with van der Waals surface area (Å²) < 4.78 is 0. The van der Waals surface area contributed by atoms with E-state index >= 15 is 0 Å². The van der Waals surface area contributed by atoms with Crippen molar-refractivity contribution in [2.24, 2.45) is 0 Å². The van der Waals surface area contributed by atoms with Gasteiger partial charge in [-0.2, -0.15) is 0 Å². The van der Waals surface area contributed by atoms with Crippen molar-refractivity contribution in [1.82, 2.24) is 15.0 Å². The number of pyridine rings is 1. The molecule has 2 aromatic heterocycles. The van der Waals surface area contributed by atoms with Crippen molar-refractivity contribution < 1.29 is 0 Å². The highest BCUT2D eigenvalue weighted by Crippen LogP contribution is 2.15. The minimum absolute atomic E-state index is 0.909. The van der Waals surface area contributed by atoms with E-state index in [1.807, 2.05) is 54.6 Å². The number of fused-ring (bicyclic) bond motifs is 1. The molecule has 2 heterocycles. The maximum atomic E-state index is 4.30. The third kappa shape index (κ3) is 2.11. The molecule has 1 aromatic carbocycles. The molecule has 0 aliphatic rings. The molecule has 18 heavy (non-hydrogen) atoms. The van der Waals surface area contributed by atoms with Gasteiger partial charge in [-0.25, -0.2) is 9.97 Å². The Kier molecular flexibility index (Phi) is 2.80. The molecule has 0 amide bonds. The van der Waals surface area contributed by atoms with E-state index in [0.717, 1.165) is 22.3 Å². The second-order valence-electron chi connectivity index (χ2n) is 3.86. The molecule has 0 aliphatic heterocycles. The molecule has 0 saturated carbocycles. The van der Waals surface area contributed by atoms with E-state index in [0.29, 0.717) is 0 Å². The Balaban J connectivity index is 2.03. The van der Waals surface area contributed by atoms with Crippen LogP contribution in [0, 0.1) is 0 Å². The maximum Gasteiger partial charge on any atom is 0.116 e. The monoisotopic (exact) mass is 233 g/mol. The first-order chi connectivity index (χ1) is 8.93. The van der Waals surface area contributed by atoms with E-state index in [1.54, 1.807) is 12.5 Å². The Hall–Kier alpha value is -2.55. The molecular formula is C15H11N3. The number of aromatic nitrogens is 3. The van der Waals surface area contributed by atoms with Crippen LogP contribution in [0.2, 0.25) is 0 Å². The van der Waals surface area contributed by atoms with E-state index < -0.39 is 0 Å². The van der Waals surface area contributed by atoms with Crippen LogP contribution in [0.15, 0.2) is 55.0 Å². The van der Waals surface area contributed by atoms with Crippen LogP contribution in [-0.2, 0) is 0 Å². The molecule has 0 unspecified atom stereocenters. The zero-order chi connectivity index (χ0) is 12.2. The molecule has 3 aromatic rings. The molecule has 0 radical (unpaired) electrons. The van der Waals surface area contributed by atoms with E-state index in [-0.39, 0.29) is 0 Å². The predicted molar refractivity (Wildman–Crippen MR) is 72.7 cm³/mol. The maximum absolute atomic E-state index is 4.30. The van der Waals surface area contributed by atoms with Gasteiger partial charge in [0, 0.05) is 11.6 Å². The summed E-state index contributed by atoms with van der Waals surface area (Å²) in [6, 6.07) is 13.8. The van der Waals surface area contributed by atoms with Crippen molar-refractivity contribution in [2.45, 2.75) is 0 Å². The van der Waals surface area contributed by atoms with Crippen LogP contribution < -0.4 is 0 Å². The van der Waals surface area contributed by atoms with Gasteiger partial charge in [0.2, 0.25) is 0 Å². The lowest BCUT2D eigenvalue weighted by Crippen LogP contribution is -1.87. The van der Waals surface area contributed by atoms with E-state index in [1.165, 1.54) is 0 Å². The first kappa shape index (κ1) is 10.6. The van der Waals surface area contributed by atoms with Gasteiger partial charge in [0.15, 0.2) is 0 Å². The Morgan fingerprint density at radius 2 is 1.67 bits per heavy atom. The minimum Gasteiger partial charge on any atom is -0.257 e. The number of hydrogen-bond donors (Lipinski definition) is 0. The highest BCUT2D eigenvalue weighted by molar-refractivity contribution is 5.88. The first-order valence-corrected chi connectivity index (χ1v) is 5.72. The molecule has 0 N–H and O–H groups in total. The Labute approximate surface area is 105 Å². The van der Waals surface area contributed by atoms with Crippen LogP contribution in [-0.4, -0.2) is 15.0 Å². The molecule has 3 heteroatoms. The molecule has 3 nitrogen and oxygen atoms in total. The van der Waals surface area contributed by atoms with Crippen LogP contribution in [0.25, 0.3) is 23.1 Å². The van der Waals surface area contributed by atoms with Gasteiger partial charge in [-0.15, -0.1) is 0 Å². The molecule has 0 saturated heterocycles. The van der Waals surface area contributed by atoms with Crippen molar-refractivity contribution in [3.63, 3.8) is 0 Å². The summed E-state index contributed by atoms with van der Waals surface area (Å²) >= 11 is 0. The second-order valence-corrected chi connectivity index (χ2v) is 3.86. The summed E-state index contributed by atoms with van der Waals surface area (Å²) in [5, 5.41) is 1.05. The highest BCUT2D eigenvalue weighted by atomic mass is 14.8. The quantitative estimate of drug-likeness (QED) is 0.682. The molecule has 86 valence electrons. The van der Waals surface area contributed by atoms with Crippen LogP contribution >= 0.6 is 0 Å². The summed E-state index contributed by atoms with van der Waals surface area (Å²) in [7, 11) is 0. The summed E-state index contributed by atoms with van der Waals surface area (Å²) in [5.74, 6) is 0. The number of benzene rings is 1.